The van der Waals surface area contributed by atoms with E-state index in [0.29, 0.717) is 16.1 Å². The Morgan fingerprint density at radius 2 is 1.78 bits per heavy atom. The van der Waals surface area contributed by atoms with Crippen molar-refractivity contribution in [2.24, 2.45) is 12.1 Å². The molecule has 1 heterocycles. The van der Waals surface area contributed by atoms with Gasteiger partial charge >= 0.3 is 0 Å². The first-order chi connectivity index (χ1) is 17.1. The molecule has 188 valence electrons. The number of sulfonamides is 1. The minimum Gasteiger partial charge on any atom is -0.495 e. The van der Waals surface area contributed by atoms with E-state index in [2.05, 4.69) is 15.2 Å². The van der Waals surface area contributed by atoms with Crippen LogP contribution in [0, 0.1) is 6.92 Å². The number of amides is 1. The Kier molecular flexibility index (Phi) is 7.25. The predicted octanol–water partition coefficient (Wildman–Crippen LogP) is 4.27. The number of carbonyl (C=O) groups excluding carboxylic acids is 1. The SMILES string of the molecule is COc1cc(OC)c(NS(=O)(=O)c2ccc(C)c(C(=O)N/N=c3\sc4ccccc4n3C)c2)cc1Cl. The lowest BCUT2D eigenvalue weighted by molar-refractivity contribution is 0.0952. The number of aromatic nitrogens is 1. The number of thiazole rings is 1. The van der Waals surface area contributed by atoms with Crippen molar-refractivity contribution in [3.8, 4) is 11.5 Å². The highest BCUT2D eigenvalue weighted by Crippen LogP contribution is 2.37. The summed E-state index contributed by atoms with van der Waals surface area (Å²) in [7, 11) is 0.605. The molecule has 1 aromatic heterocycles. The van der Waals surface area contributed by atoms with Crippen LogP contribution in [0.25, 0.3) is 10.2 Å². The molecule has 0 aliphatic rings. The van der Waals surface area contributed by atoms with Crippen LogP contribution in [0.15, 0.2) is 64.6 Å². The maximum Gasteiger partial charge on any atom is 0.271 e. The summed E-state index contributed by atoms with van der Waals surface area (Å²) in [6.07, 6.45) is 0. The third kappa shape index (κ3) is 5.03. The summed E-state index contributed by atoms with van der Waals surface area (Å²) < 4.78 is 42.1. The Labute approximate surface area is 217 Å². The number of para-hydroxylation sites is 1. The number of aryl methyl sites for hydroxylation is 2. The summed E-state index contributed by atoms with van der Waals surface area (Å²) >= 11 is 7.59. The molecule has 0 fully saturated rings. The first-order valence-corrected chi connectivity index (χ1v) is 13.3. The fourth-order valence-electron chi connectivity index (χ4n) is 3.50. The van der Waals surface area contributed by atoms with Gasteiger partial charge in [0.25, 0.3) is 15.9 Å². The fraction of sp³-hybridized carbons (Fsp3) is 0.167. The smallest absolute Gasteiger partial charge is 0.271 e. The largest absolute Gasteiger partial charge is 0.495 e. The number of carbonyl (C=O) groups is 1. The molecule has 0 saturated carbocycles. The van der Waals surface area contributed by atoms with Gasteiger partial charge in [-0.25, -0.2) is 13.8 Å². The number of nitrogens with zero attached hydrogens (tertiary/aromatic N) is 2. The molecule has 0 bridgehead atoms. The van der Waals surface area contributed by atoms with E-state index in [0.717, 1.165) is 10.2 Å². The molecule has 0 aliphatic heterocycles. The van der Waals surface area contributed by atoms with Crippen LogP contribution in [0.5, 0.6) is 11.5 Å². The minimum absolute atomic E-state index is 0.111. The van der Waals surface area contributed by atoms with Crippen molar-refractivity contribution in [2.45, 2.75) is 11.8 Å². The number of hydrogen-bond donors (Lipinski definition) is 2. The molecule has 9 nitrogen and oxygen atoms in total. The van der Waals surface area contributed by atoms with E-state index in [1.165, 1.54) is 49.8 Å². The molecule has 4 rings (SSSR count). The molecule has 36 heavy (non-hydrogen) atoms. The highest BCUT2D eigenvalue weighted by atomic mass is 35.5. The Morgan fingerprint density at radius 3 is 2.47 bits per heavy atom. The summed E-state index contributed by atoms with van der Waals surface area (Å²) in [6, 6.07) is 14.9. The number of halogens is 1. The molecule has 0 radical (unpaired) electrons. The third-order valence-corrected chi connectivity index (χ3v) is 8.22. The second kappa shape index (κ2) is 10.2. The average Bonchev–Trinajstić information content (AvgIpc) is 3.18. The summed E-state index contributed by atoms with van der Waals surface area (Å²) in [5.41, 5.74) is 4.41. The van der Waals surface area contributed by atoms with Gasteiger partial charge in [-0.3, -0.25) is 9.52 Å². The van der Waals surface area contributed by atoms with E-state index in [9.17, 15) is 13.2 Å². The maximum atomic E-state index is 13.1. The number of methoxy groups -OCH3 is 2. The van der Waals surface area contributed by atoms with E-state index in [-0.39, 0.29) is 26.9 Å². The van der Waals surface area contributed by atoms with Gasteiger partial charge < -0.3 is 14.0 Å². The van der Waals surface area contributed by atoms with E-state index < -0.39 is 15.9 Å². The molecule has 2 N–H and O–H groups in total. The fourth-order valence-corrected chi connectivity index (χ4v) is 5.81. The number of benzene rings is 3. The highest BCUT2D eigenvalue weighted by molar-refractivity contribution is 7.92. The van der Waals surface area contributed by atoms with Crippen LogP contribution in [0.1, 0.15) is 15.9 Å². The van der Waals surface area contributed by atoms with Crippen molar-refractivity contribution >= 4 is 54.8 Å². The van der Waals surface area contributed by atoms with Crippen LogP contribution >= 0.6 is 22.9 Å². The summed E-state index contributed by atoms with van der Waals surface area (Å²) in [5, 5.41) is 4.45. The normalized spacial score (nSPS) is 12.0. The molecule has 12 heteroatoms. The second-order valence-electron chi connectivity index (χ2n) is 7.73. The van der Waals surface area contributed by atoms with Crippen LogP contribution in [0.3, 0.4) is 0 Å². The third-order valence-electron chi connectivity index (χ3n) is 5.45. The van der Waals surface area contributed by atoms with Gasteiger partial charge in [0.2, 0.25) is 4.80 Å². The molecule has 4 aromatic rings. The van der Waals surface area contributed by atoms with E-state index in [1.54, 1.807) is 13.0 Å². The Morgan fingerprint density at radius 1 is 1.06 bits per heavy atom. The standard InChI is InChI=1S/C24H23ClN4O5S2/c1-14-9-10-15(36(31,32)28-18-12-17(25)20(33-3)13-21(18)34-4)11-16(14)23(30)26-27-24-29(2)19-7-5-6-8-22(19)35-24/h5-13,28H,1-4H3,(H,26,30)/b27-24-. The number of hydrogen-bond acceptors (Lipinski definition) is 7. The number of rotatable bonds is 7. The topological polar surface area (TPSA) is 111 Å². The molecule has 1 amide bonds. The summed E-state index contributed by atoms with van der Waals surface area (Å²) in [4.78, 5) is 13.4. The minimum atomic E-state index is -4.09. The van der Waals surface area contributed by atoms with Gasteiger partial charge in [-0.15, -0.1) is 5.10 Å². The lowest BCUT2D eigenvalue weighted by Gasteiger charge is -2.15. The van der Waals surface area contributed by atoms with Crippen LogP contribution < -0.4 is 24.4 Å². The zero-order valence-electron chi connectivity index (χ0n) is 19.8. The van der Waals surface area contributed by atoms with Gasteiger partial charge in [0.1, 0.15) is 11.5 Å². The Balaban J connectivity index is 1.63. The number of anilines is 1. The van der Waals surface area contributed by atoms with E-state index >= 15 is 0 Å². The lowest BCUT2D eigenvalue weighted by atomic mass is 10.1. The highest BCUT2D eigenvalue weighted by Gasteiger charge is 2.21. The van der Waals surface area contributed by atoms with Crippen molar-refractivity contribution in [3.05, 3.63) is 75.5 Å². The van der Waals surface area contributed by atoms with Crippen LogP contribution in [0.4, 0.5) is 5.69 Å². The van der Waals surface area contributed by atoms with Crippen molar-refractivity contribution < 1.29 is 22.7 Å². The molecule has 3 aromatic carbocycles. The van der Waals surface area contributed by atoms with Crippen molar-refractivity contribution in [3.63, 3.8) is 0 Å². The molecule has 0 saturated heterocycles. The zero-order valence-corrected chi connectivity index (χ0v) is 22.2. The maximum absolute atomic E-state index is 13.1. The average molecular weight is 547 g/mol. The van der Waals surface area contributed by atoms with E-state index in [1.807, 2.05) is 35.9 Å². The second-order valence-corrected chi connectivity index (χ2v) is 10.8. The van der Waals surface area contributed by atoms with Crippen molar-refractivity contribution in [1.29, 1.82) is 0 Å². The van der Waals surface area contributed by atoms with Crippen LogP contribution in [0.2, 0.25) is 5.02 Å². The summed E-state index contributed by atoms with van der Waals surface area (Å²) in [6.45, 7) is 1.71. The Bertz CT molecular complexity index is 1640. The molecule has 0 unspecified atom stereocenters. The van der Waals surface area contributed by atoms with Gasteiger partial charge in [0.05, 0.1) is 40.0 Å². The van der Waals surface area contributed by atoms with Crippen LogP contribution in [-0.2, 0) is 17.1 Å². The molecule has 0 spiro atoms. The van der Waals surface area contributed by atoms with Gasteiger partial charge in [0, 0.05) is 18.7 Å². The molecular weight excluding hydrogens is 524 g/mol. The predicted molar refractivity (Wildman–Crippen MR) is 140 cm³/mol. The van der Waals surface area contributed by atoms with Crippen molar-refractivity contribution in [2.75, 3.05) is 18.9 Å². The van der Waals surface area contributed by atoms with E-state index in [4.69, 9.17) is 21.1 Å². The zero-order chi connectivity index (χ0) is 26.0. The quantitative estimate of drug-likeness (QED) is 0.336. The van der Waals surface area contributed by atoms with Gasteiger partial charge in [-0.1, -0.05) is 41.1 Å². The van der Waals surface area contributed by atoms with Crippen molar-refractivity contribution in [1.82, 2.24) is 9.99 Å². The van der Waals surface area contributed by atoms with Crippen LogP contribution in [-0.4, -0.2) is 33.1 Å². The first kappa shape index (κ1) is 25.5. The number of ether oxygens (including phenoxy) is 2. The molecule has 0 aliphatic carbocycles. The molecular formula is C24H23ClN4O5S2. The van der Waals surface area contributed by atoms with Gasteiger partial charge in [-0.05, 0) is 42.8 Å². The van der Waals surface area contributed by atoms with Gasteiger partial charge in [0.15, 0.2) is 0 Å². The monoisotopic (exact) mass is 546 g/mol. The lowest BCUT2D eigenvalue weighted by Crippen LogP contribution is -2.24. The number of nitrogens with one attached hydrogen (secondary N) is 2. The number of fused-ring (bicyclic) bond motifs is 1. The first-order valence-electron chi connectivity index (χ1n) is 10.6. The van der Waals surface area contributed by atoms with Gasteiger partial charge in [-0.2, -0.15) is 0 Å². The summed E-state index contributed by atoms with van der Waals surface area (Å²) in [5.74, 6) is 0.0218. The molecule has 0 atom stereocenters. The Hall–Kier alpha value is -3.54.